The molecule has 0 atom stereocenters. The van der Waals surface area contributed by atoms with Crippen molar-refractivity contribution in [3.05, 3.63) is 35.9 Å². The van der Waals surface area contributed by atoms with Crippen molar-refractivity contribution in [1.29, 1.82) is 0 Å². The fourth-order valence-electron chi connectivity index (χ4n) is 1.88. The molecular formula is C13H13N3S. The predicted molar refractivity (Wildman–Crippen MR) is 73.9 cm³/mol. The number of hydrogen-bond donors (Lipinski definition) is 3. The third-order valence-electron chi connectivity index (χ3n) is 2.86. The maximum atomic E-state index is 5.93. The Morgan fingerprint density at radius 3 is 2.59 bits per heavy atom. The fraction of sp³-hybridized carbons (Fsp3) is 0.0769. The third kappa shape index (κ3) is 1.70. The van der Waals surface area contributed by atoms with Gasteiger partial charge in [0.1, 0.15) is 0 Å². The van der Waals surface area contributed by atoms with Crippen molar-refractivity contribution < 1.29 is 0 Å². The van der Waals surface area contributed by atoms with Gasteiger partial charge in [-0.3, -0.25) is 0 Å². The molecule has 2 aromatic carbocycles. The summed E-state index contributed by atoms with van der Waals surface area (Å²) < 4.78 is 0. The third-order valence-corrected chi connectivity index (χ3v) is 3.98. The second-order valence-corrected chi connectivity index (χ2v) is 5.27. The quantitative estimate of drug-likeness (QED) is 0.530. The SMILES string of the molecule is Cc1cc2c(cc1N)Sc1cc(N)ccc1N2. The number of fused-ring (bicyclic) bond motifs is 2. The Labute approximate surface area is 104 Å². The van der Waals surface area contributed by atoms with Gasteiger partial charge in [0.15, 0.2) is 0 Å². The first-order valence-electron chi connectivity index (χ1n) is 5.38. The Morgan fingerprint density at radius 1 is 1.00 bits per heavy atom. The topological polar surface area (TPSA) is 64.1 Å². The summed E-state index contributed by atoms with van der Waals surface area (Å²) in [5.41, 5.74) is 16.6. The van der Waals surface area contributed by atoms with Crippen LogP contribution in [0, 0.1) is 6.92 Å². The number of hydrogen-bond acceptors (Lipinski definition) is 4. The first kappa shape index (κ1) is 10.4. The van der Waals surface area contributed by atoms with E-state index in [-0.39, 0.29) is 0 Å². The molecule has 17 heavy (non-hydrogen) atoms. The summed E-state index contributed by atoms with van der Waals surface area (Å²) in [6.07, 6.45) is 0. The highest BCUT2D eigenvalue weighted by Gasteiger charge is 2.16. The number of rotatable bonds is 0. The molecule has 0 saturated heterocycles. The number of aryl methyl sites for hydroxylation is 1. The van der Waals surface area contributed by atoms with Crippen LogP contribution in [-0.4, -0.2) is 0 Å². The molecule has 0 unspecified atom stereocenters. The second-order valence-electron chi connectivity index (χ2n) is 4.19. The number of benzene rings is 2. The van der Waals surface area contributed by atoms with E-state index in [2.05, 4.69) is 11.4 Å². The zero-order valence-corrected chi connectivity index (χ0v) is 10.3. The van der Waals surface area contributed by atoms with E-state index < -0.39 is 0 Å². The molecule has 0 amide bonds. The highest BCUT2D eigenvalue weighted by atomic mass is 32.2. The van der Waals surface area contributed by atoms with E-state index in [1.807, 2.05) is 31.2 Å². The lowest BCUT2D eigenvalue weighted by Gasteiger charge is -2.22. The van der Waals surface area contributed by atoms with Crippen LogP contribution < -0.4 is 16.8 Å². The highest BCUT2D eigenvalue weighted by molar-refractivity contribution is 7.99. The molecule has 0 saturated carbocycles. The molecule has 1 heterocycles. The summed E-state index contributed by atoms with van der Waals surface area (Å²) in [5.74, 6) is 0. The summed E-state index contributed by atoms with van der Waals surface area (Å²) in [6, 6.07) is 9.98. The number of nitrogen functional groups attached to an aromatic ring is 2. The van der Waals surface area contributed by atoms with Crippen molar-refractivity contribution in [1.82, 2.24) is 0 Å². The van der Waals surface area contributed by atoms with Gasteiger partial charge in [-0.05, 0) is 42.8 Å². The molecule has 3 rings (SSSR count). The van der Waals surface area contributed by atoms with Gasteiger partial charge in [0, 0.05) is 21.2 Å². The Kier molecular flexibility index (Phi) is 2.19. The Bertz CT molecular complexity index is 608. The summed E-state index contributed by atoms with van der Waals surface area (Å²) in [7, 11) is 0. The molecule has 0 bridgehead atoms. The molecule has 2 aromatic rings. The molecule has 0 spiro atoms. The summed E-state index contributed by atoms with van der Waals surface area (Å²) in [6.45, 7) is 2.01. The average Bonchev–Trinajstić information content (AvgIpc) is 2.28. The van der Waals surface area contributed by atoms with Crippen LogP contribution in [0.5, 0.6) is 0 Å². The molecule has 1 aliphatic heterocycles. The molecular weight excluding hydrogens is 230 g/mol. The van der Waals surface area contributed by atoms with Crippen LogP contribution >= 0.6 is 11.8 Å². The van der Waals surface area contributed by atoms with E-state index in [9.17, 15) is 0 Å². The maximum Gasteiger partial charge on any atom is 0.0530 e. The minimum atomic E-state index is 0.779. The van der Waals surface area contributed by atoms with Crippen LogP contribution in [0.1, 0.15) is 5.56 Å². The second kappa shape index (κ2) is 3.60. The van der Waals surface area contributed by atoms with Gasteiger partial charge in [-0.2, -0.15) is 0 Å². The standard InChI is InChI=1S/C13H13N3S/c1-7-4-11-13(6-9(7)15)17-12-5-8(14)2-3-10(12)16-11/h2-6,16H,14-15H2,1H3. The first-order valence-corrected chi connectivity index (χ1v) is 6.19. The average molecular weight is 243 g/mol. The zero-order valence-electron chi connectivity index (χ0n) is 9.45. The largest absolute Gasteiger partial charge is 0.399 e. The Morgan fingerprint density at radius 2 is 1.76 bits per heavy atom. The van der Waals surface area contributed by atoms with E-state index in [4.69, 9.17) is 11.5 Å². The summed E-state index contributed by atoms with van der Waals surface area (Å²) in [4.78, 5) is 2.28. The Hall–Kier alpha value is -1.81. The maximum absolute atomic E-state index is 5.93. The van der Waals surface area contributed by atoms with Crippen molar-refractivity contribution in [3.8, 4) is 0 Å². The van der Waals surface area contributed by atoms with Crippen LogP contribution in [0.2, 0.25) is 0 Å². The smallest absolute Gasteiger partial charge is 0.0530 e. The molecule has 0 fully saturated rings. The first-order chi connectivity index (χ1) is 8.13. The van der Waals surface area contributed by atoms with Gasteiger partial charge in [-0.1, -0.05) is 11.8 Å². The van der Waals surface area contributed by atoms with Crippen LogP contribution in [0.4, 0.5) is 22.7 Å². The van der Waals surface area contributed by atoms with Crippen molar-refractivity contribution in [2.75, 3.05) is 16.8 Å². The van der Waals surface area contributed by atoms with Gasteiger partial charge in [-0.15, -0.1) is 0 Å². The molecule has 0 aliphatic carbocycles. The van der Waals surface area contributed by atoms with E-state index in [0.717, 1.165) is 38.1 Å². The lowest BCUT2D eigenvalue weighted by atomic mass is 10.1. The van der Waals surface area contributed by atoms with Gasteiger partial charge >= 0.3 is 0 Å². The van der Waals surface area contributed by atoms with Crippen molar-refractivity contribution in [2.45, 2.75) is 16.7 Å². The molecule has 0 aromatic heterocycles. The molecule has 0 radical (unpaired) electrons. The van der Waals surface area contributed by atoms with Gasteiger partial charge in [0.25, 0.3) is 0 Å². The molecule has 3 nitrogen and oxygen atoms in total. The van der Waals surface area contributed by atoms with Crippen molar-refractivity contribution >= 4 is 34.5 Å². The van der Waals surface area contributed by atoms with Crippen LogP contribution in [-0.2, 0) is 0 Å². The lowest BCUT2D eigenvalue weighted by Crippen LogP contribution is -2.02. The van der Waals surface area contributed by atoms with E-state index in [0.29, 0.717) is 0 Å². The number of nitrogens with one attached hydrogen (secondary N) is 1. The van der Waals surface area contributed by atoms with Crippen LogP contribution in [0.15, 0.2) is 40.1 Å². The predicted octanol–water partition coefficient (Wildman–Crippen LogP) is 3.37. The van der Waals surface area contributed by atoms with Gasteiger partial charge in [-0.25, -0.2) is 0 Å². The van der Waals surface area contributed by atoms with E-state index in [1.165, 1.54) is 0 Å². The van der Waals surface area contributed by atoms with Crippen LogP contribution in [0.25, 0.3) is 0 Å². The highest BCUT2D eigenvalue weighted by Crippen LogP contribution is 2.45. The minimum Gasteiger partial charge on any atom is -0.399 e. The van der Waals surface area contributed by atoms with E-state index in [1.54, 1.807) is 11.8 Å². The number of anilines is 4. The monoisotopic (exact) mass is 243 g/mol. The zero-order chi connectivity index (χ0) is 12.0. The van der Waals surface area contributed by atoms with Gasteiger partial charge in [0.2, 0.25) is 0 Å². The Balaban J connectivity index is 2.11. The fourth-order valence-corrected chi connectivity index (χ4v) is 2.94. The molecule has 4 heteroatoms. The van der Waals surface area contributed by atoms with Gasteiger partial charge in [0.05, 0.1) is 11.4 Å². The molecule has 5 N–H and O–H groups in total. The normalized spacial score (nSPS) is 12.5. The van der Waals surface area contributed by atoms with Crippen molar-refractivity contribution in [3.63, 3.8) is 0 Å². The molecule has 1 aliphatic rings. The van der Waals surface area contributed by atoms with Crippen molar-refractivity contribution in [2.24, 2.45) is 0 Å². The minimum absolute atomic E-state index is 0.779. The van der Waals surface area contributed by atoms with E-state index >= 15 is 0 Å². The van der Waals surface area contributed by atoms with Crippen LogP contribution in [0.3, 0.4) is 0 Å². The number of nitrogens with two attached hydrogens (primary N) is 2. The van der Waals surface area contributed by atoms with Gasteiger partial charge < -0.3 is 16.8 Å². The molecule has 86 valence electrons. The lowest BCUT2D eigenvalue weighted by molar-refractivity contribution is 1.29. The summed E-state index contributed by atoms with van der Waals surface area (Å²) in [5, 5.41) is 3.40. The summed E-state index contributed by atoms with van der Waals surface area (Å²) >= 11 is 1.70.